The van der Waals surface area contributed by atoms with Gasteiger partial charge in [0.1, 0.15) is 0 Å². The summed E-state index contributed by atoms with van der Waals surface area (Å²) in [7, 11) is 0. The van der Waals surface area contributed by atoms with Crippen LogP contribution in [-0.2, 0) is 6.54 Å². The second-order valence-electron chi connectivity index (χ2n) is 7.02. The van der Waals surface area contributed by atoms with Crippen molar-refractivity contribution in [2.45, 2.75) is 26.4 Å². The zero-order valence-corrected chi connectivity index (χ0v) is 17.9. The highest BCUT2D eigenvalue weighted by Gasteiger charge is 2.16. The molecule has 0 saturated heterocycles. The first-order valence-corrected chi connectivity index (χ1v) is 10.3. The van der Waals surface area contributed by atoms with Gasteiger partial charge in [0.05, 0.1) is 34.3 Å². The van der Waals surface area contributed by atoms with Gasteiger partial charge in [-0.15, -0.1) is 0 Å². The van der Waals surface area contributed by atoms with E-state index in [1.807, 2.05) is 48.9 Å². The molecule has 0 aliphatic rings. The summed E-state index contributed by atoms with van der Waals surface area (Å²) >= 11 is 6.00. The molecule has 0 aliphatic carbocycles. The maximum atomic E-state index is 13.1. The minimum Gasteiger partial charge on any atom is -0.344 e. The molecule has 4 rings (SSSR count). The van der Waals surface area contributed by atoms with Gasteiger partial charge in [0.15, 0.2) is 0 Å². The number of halogens is 1. The Bertz CT molecular complexity index is 1190. The van der Waals surface area contributed by atoms with Crippen molar-refractivity contribution in [2.75, 3.05) is 0 Å². The van der Waals surface area contributed by atoms with E-state index >= 15 is 0 Å². The van der Waals surface area contributed by atoms with Crippen molar-refractivity contribution in [1.82, 2.24) is 30.0 Å². The molecular formula is C23H21ClN6O. The lowest BCUT2D eigenvalue weighted by Crippen LogP contribution is -2.27. The van der Waals surface area contributed by atoms with Crippen molar-refractivity contribution in [2.24, 2.45) is 0 Å². The maximum Gasteiger partial charge on any atom is 0.251 e. The van der Waals surface area contributed by atoms with Crippen molar-refractivity contribution in [3.8, 4) is 22.5 Å². The lowest BCUT2D eigenvalue weighted by atomic mass is 10.00. The Morgan fingerprint density at radius 1 is 1.06 bits per heavy atom. The topological polar surface area (TPSA) is 85.6 Å². The molecule has 1 amide bonds. The third-order valence-corrected chi connectivity index (χ3v) is 5.13. The smallest absolute Gasteiger partial charge is 0.251 e. The van der Waals surface area contributed by atoms with Gasteiger partial charge in [0, 0.05) is 48.0 Å². The molecule has 3 heterocycles. The summed E-state index contributed by atoms with van der Waals surface area (Å²) < 4.78 is 1.89. The summed E-state index contributed by atoms with van der Waals surface area (Å²) in [6.45, 7) is 4.62. The Morgan fingerprint density at radius 3 is 2.61 bits per heavy atom. The van der Waals surface area contributed by atoms with E-state index in [-0.39, 0.29) is 11.9 Å². The van der Waals surface area contributed by atoms with Crippen LogP contribution in [0.3, 0.4) is 0 Å². The van der Waals surface area contributed by atoms with E-state index in [1.54, 1.807) is 37.1 Å². The van der Waals surface area contributed by atoms with Crippen LogP contribution in [0.15, 0.2) is 67.4 Å². The van der Waals surface area contributed by atoms with E-state index in [1.165, 1.54) is 0 Å². The monoisotopic (exact) mass is 432 g/mol. The predicted molar refractivity (Wildman–Crippen MR) is 119 cm³/mol. The summed E-state index contributed by atoms with van der Waals surface area (Å²) in [5.74, 6) is -0.210. The minimum absolute atomic E-state index is 0.210. The van der Waals surface area contributed by atoms with Crippen molar-refractivity contribution < 1.29 is 4.79 Å². The fourth-order valence-electron chi connectivity index (χ4n) is 3.32. The standard InChI is InChI=1S/C23H21ClN6O/c1-3-30-22(6-7-28-30)17-10-16(20-5-4-19(24)13-27-20)11-18(12-17)23(31)29-15(2)21-14-25-8-9-26-21/h4-15H,3H2,1-2H3,(H,29,31). The van der Waals surface area contributed by atoms with E-state index in [4.69, 9.17) is 11.6 Å². The summed E-state index contributed by atoms with van der Waals surface area (Å²) in [4.78, 5) is 25.9. The average Bonchev–Trinajstić information content (AvgIpc) is 3.29. The van der Waals surface area contributed by atoms with Crippen LogP contribution >= 0.6 is 11.6 Å². The summed E-state index contributed by atoms with van der Waals surface area (Å²) in [5.41, 5.74) is 4.56. The van der Waals surface area contributed by atoms with Gasteiger partial charge in [-0.05, 0) is 50.2 Å². The Balaban J connectivity index is 1.74. The highest BCUT2D eigenvalue weighted by atomic mass is 35.5. The molecule has 156 valence electrons. The number of carbonyl (C=O) groups excluding carboxylic acids is 1. The van der Waals surface area contributed by atoms with Gasteiger partial charge < -0.3 is 5.32 Å². The first kappa shape index (κ1) is 20.7. The van der Waals surface area contributed by atoms with Gasteiger partial charge in [-0.3, -0.25) is 24.4 Å². The molecule has 7 nitrogen and oxygen atoms in total. The summed E-state index contributed by atoms with van der Waals surface area (Å²) in [6.07, 6.45) is 8.19. The molecule has 0 spiro atoms. The van der Waals surface area contributed by atoms with Gasteiger partial charge in [0.2, 0.25) is 0 Å². The maximum absolute atomic E-state index is 13.1. The fraction of sp³-hybridized carbons (Fsp3) is 0.174. The molecule has 4 aromatic rings. The molecule has 1 atom stereocenters. The number of nitrogens with one attached hydrogen (secondary N) is 1. The number of nitrogens with zero attached hydrogens (tertiary/aromatic N) is 5. The van der Waals surface area contributed by atoms with Crippen LogP contribution < -0.4 is 5.32 Å². The van der Waals surface area contributed by atoms with E-state index < -0.39 is 0 Å². The van der Waals surface area contributed by atoms with E-state index in [9.17, 15) is 4.79 Å². The SMILES string of the molecule is CCn1nccc1-c1cc(C(=O)NC(C)c2cnccn2)cc(-c2ccc(Cl)cn2)c1. The molecule has 0 aliphatic heterocycles. The minimum atomic E-state index is -0.289. The fourth-order valence-corrected chi connectivity index (χ4v) is 3.43. The molecule has 0 fully saturated rings. The average molecular weight is 433 g/mol. The van der Waals surface area contributed by atoms with Crippen molar-refractivity contribution in [3.63, 3.8) is 0 Å². The van der Waals surface area contributed by atoms with Crippen LogP contribution in [0.5, 0.6) is 0 Å². The first-order valence-electron chi connectivity index (χ1n) is 9.91. The number of hydrogen-bond donors (Lipinski definition) is 1. The molecule has 8 heteroatoms. The van der Waals surface area contributed by atoms with E-state index in [0.29, 0.717) is 16.3 Å². The van der Waals surface area contributed by atoms with Gasteiger partial charge in [-0.25, -0.2) is 0 Å². The number of aryl methyl sites for hydroxylation is 1. The van der Waals surface area contributed by atoms with Crippen LogP contribution in [0.1, 0.15) is 35.9 Å². The molecular weight excluding hydrogens is 412 g/mol. The van der Waals surface area contributed by atoms with Crippen LogP contribution in [0.25, 0.3) is 22.5 Å². The number of benzene rings is 1. The zero-order chi connectivity index (χ0) is 21.8. The zero-order valence-electron chi connectivity index (χ0n) is 17.2. The molecule has 3 aromatic heterocycles. The molecule has 0 bridgehead atoms. The molecule has 1 unspecified atom stereocenters. The molecule has 0 saturated carbocycles. The van der Waals surface area contributed by atoms with Crippen LogP contribution in [0.2, 0.25) is 5.02 Å². The highest BCUT2D eigenvalue weighted by Crippen LogP contribution is 2.28. The quantitative estimate of drug-likeness (QED) is 0.482. The van der Waals surface area contributed by atoms with Gasteiger partial charge >= 0.3 is 0 Å². The molecule has 1 aromatic carbocycles. The summed E-state index contributed by atoms with van der Waals surface area (Å²) in [6, 6.07) is 10.9. The number of rotatable bonds is 6. The van der Waals surface area contributed by atoms with Crippen molar-refractivity contribution >= 4 is 17.5 Å². The second kappa shape index (κ2) is 9.06. The lowest BCUT2D eigenvalue weighted by Gasteiger charge is -2.15. The van der Waals surface area contributed by atoms with Crippen LogP contribution in [0, 0.1) is 0 Å². The van der Waals surface area contributed by atoms with E-state index in [0.717, 1.165) is 29.1 Å². The molecule has 0 radical (unpaired) electrons. The molecule has 1 N–H and O–H groups in total. The van der Waals surface area contributed by atoms with Gasteiger partial charge in [0.25, 0.3) is 5.91 Å². The number of pyridine rings is 1. The Morgan fingerprint density at radius 2 is 1.90 bits per heavy atom. The van der Waals surface area contributed by atoms with E-state index in [2.05, 4.69) is 25.4 Å². The normalized spacial score (nSPS) is 11.8. The first-order chi connectivity index (χ1) is 15.0. The van der Waals surface area contributed by atoms with Gasteiger partial charge in [-0.1, -0.05) is 11.6 Å². The number of aromatic nitrogens is 5. The van der Waals surface area contributed by atoms with Crippen LogP contribution in [-0.4, -0.2) is 30.6 Å². The number of carbonyl (C=O) groups is 1. The predicted octanol–water partition coefficient (Wildman–Crippen LogP) is 4.57. The Labute approximate surface area is 185 Å². The lowest BCUT2D eigenvalue weighted by molar-refractivity contribution is 0.0939. The Hall–Kier alpha value is -3.58. The van der Waals surface area contributed by atoms with Crippen LogP contribution in [0.4, 0.5) is 0 Å². The van der Waals surface area contributed by atoms with Gasteiger partial charge in [-0.2, -0.15) is 5.10 Å². The van der Waals surface area contributed by atoms with Crippen molar-refractivity contribution in [1.29, 1.82) is 0 Å². The molecule has 31 heavy (non-hydrogen) atoms. The van der Waals surface area contributed by atoms with Crippen molar-refractivity contribution in [3.05, 3.63) is 83.7 Å². The number of amides is 1. The third-order valence-electron chi connectivity index (χ3n) is 4.90. The second-order valence-corrected chi connectivity index (χ2v) is 7.45. The highest BCUT2D eigenvalue weighted by molar-refractivity contribution is 6.30. The number of hydrogen-bond acceptors (Lipinski definition) is 5. The summed E-state index contributed by atoms with van der Waals surface area (Å²) in [5, 5.41) is 7.91. The Kier molecular flexibility index (Phi) is 6.04. The largest absolute Gasteiger partial charge is 0.344 e. The third kappa shape index (κ3) is 4.62.